The van der Waals surface area contributed by atoms with Crippen LogP contribution in [0.1, 0.15) is 46.0 Å². The predicted octanol–water partition coefficient (Wildman–Crippen LogP) is 3.36. The Kier molecular flexibility index (Phi) is 6.16. The Morgan fingerprint density at radius 2 is 1.88 bits per heavy atom. The number of nitrogens with one attached hydrogen (secondary N) is 1. The van der Waals surface area contributed by atoms with Crippen LogP contribution in [0.4, 0.5) is 0 Å². The van der Waals surface area contributed by atoms with E-state index < -0.39 is 6.04 Å². The highest BCUT2D eigenvalue weighted by molar-refractivity contribution is 6.02. The number of rotatable bonds is 4. The first-order valence-corrected chi connectivity index (χ1v) is 12.6. The van der Waals surface area contributed by atoms with E-state index in [1.165, 1.54) is 4.57 Å². The molecule has 1 N–H and O–H groups in total. The van der Waals surface area contributed by atoms with Crippen LogP contribution >= 0.6 is 0 Å². The molecule has 0 saturated heterocycles. The first-order valence-electron chi connectivity index (χ1n) is 12.6. The molecule has 4 aromatic heterocycles. The van der Waals surface area contributed by atoms with Gasteiger partial charge in [0.05, 0.1) is 57.4 Å². The van der Waals surface area contributed by atoms with Gasteiger partial charge in [0.25, 0.3) is 11.5 Å². The second-order valence-electron chi connectivity index (χ2n) is 9.36. The van der Waals surface area contributed by atoms with Crippen molar-refractivity contribution in [3.8, 4) is 17.5 Å². The molecule has 2 aromatic carbocycles. The number of hydrogen-bond acceptors (Lipinski definition) is 6. The molecule has 6 aromatic rings. The third-order valence-corrected chi connectivity index (χ3v) is 6.56. The van der Waals surface area contributed by atoms with Crippen molar-refractivity contribution in [3.05, 3.63) is 118 Å². The Morgan fingerprint density at radius 3 is 2.65 bits per heavy atom. The Morgan fingerprint density at radius 1 is 1.05 bits per heavy atom. The van der Waals surface area contributed by atoms with E-state index in [0.717, 1.165) is 5.56 Å². The van der Waals surface area contributed by atoms with E-state index in [9.17, 15) is 9.59 Å². The molecule has 0 radical (unpaired) electrons. The van der Waals surface area contributed by atoms with E-state index in [4.69, 9.17) is 4.98 Å². The summed E-state index contributed by atoms with van der Waals surface area (Å²) in [5, 5.41) is 12.0. The minimum Gasteiger partial charge on any atom is -0.342 e. The number of para-hydroxylation sites is 1. The van der Waals surface area contributed by atoms with Gasteiger partial charge in [-0.3, -0.25) is 23.8 Å². The Hall–Kier alpha value is -5.56. The zero-order valence-electron chi connectivity index (χ0n) is 22.0. The lowest BCUT2D eigenvalue weighted by atomic mass is 10.1. The topological polar surface area (TPSA) is 112 Å². The fourth-order valence-electron chi connectivity index (χ4n) is 4.73. The third-order valence-electron chi connectivity index (χ3n) is 6.56. The van der Waals surface area contributed by atoms with Gasteiger partial charge in [-0.15, -0.1) is 0 Å². The zero-order chi connectivity index (χ0) is 27.8. The minimum atomic E-state index is -0.624. The summed E-state index contributed by atoms with van der Waals surface area (Å²) in [4.78, 5) is 36.6. The van der Waals surface area contributed by atoms with Gasteiger partial charge in [-0.05, 0) is 38.1 Å². The molecule has 196 valence electrons. The van der Waals surface area contributed by atoms with Gasteiger partial charge >= 0.3 is 0 Å². The van der Waals surface area contributed by atoms with Crippen LogP contribution in [0.5, 0.6) is 0 Å². The van der Waals surface area contributed by atoms with E-state index in [2.05, 4.69) is 32.3 Å². The van der Waals surface area contributed by atoms with Gasteiger partial charge in [-0.2, -0.15) is 10.2 Å². The van der Waals surface area contributed by atoms with Gasteiger partial charge in [-0.1, -0.05) is 36.1 Å². The number of carbonyl (C=O) groups excluding carboxylic acids is 1. The maximum Gasteiger partial charge on any atom is 0.267 e. The summed E-state index contributed by atoms with van der Waals surface area (Å²) >= 11 is 0. The van der Waals surface area contributed by atoms with Crippen molar-refractivity contribution in [2.24, 2.45) is 7.05 Å². The van der Waals surface area contributed by atoms with Crippen LogP contribution < -0.4 is 10.9 Å². The molecule has 0 bridgehead atoms. The monoisotopic (exact) mass is 528 g/mol. The molecular weight excluding hydrogens is 504 g/mol. The Labute approximate surface area is 228 Å². The van der Waals surface area contributed by atoms with Gasteiger partial charge in [0.2, 0.25) is 0 Å². The van der Waals surface area contributed by atoms with Gasteiger partial charge in [0, 0.05) is 31.2 Å². The van der Waals surface area contributed by atoms with E-state index in [1.807, 2.05) is 49.6 Å². The highest BCUT2D eigenvalue weighted by Crippen LogP contribution is 2.22. The fourth-order valence-corrected chi connectivity index (χ4v) is 4.73. The van der Waals surface area contributed by atoms with Crippen LogP contribution in [0, 0.1) is 18.8 Å². The highest BCUT2D eigenvalue weighted by atomic mass is 16.2. The number of aromatic nitrogens is 7. The first kappa shape index (κ1) is 24.8. The van der Waals surface area contributed by atoms with Crippen molar-refractivity contribution in [3.63, 3.8) is 0 Å². The van der Waals surface area contributed by atoms with Crippen LogP contribution in [0.3, 0.4) is 0 Å². The summed E-state index contributed by atoms with van der Waals surface area (Å²) in [6.07, 6.45) is 8.37. The molecule has 10 nitrogen and oxygen atoms in total. The molecule has 0 saturated carbocycles. The number of carbonyl (C=O) groups is 1. The summed E-state index contributed by atoms with van der Waals surface area (Å²) in [5.74, 6) is 6.25. The molecule has 1 amide bonds. The van der Waals surface area contributed by atoms with Gasteiger partial charge in [-0.25, -0.2) is 9.50 Å². The van der Waals surface area contributed by atoms with E-state index in [0.29, 0.717) is 44.8 Å². The standard InChI is InChI=1S/C30H24N8O2/c1-19-26(25-17-31-14-15-37(25)35-19)29(39)33-20(2)28-34-24-11-7-8-22(13-12-21-16-32-36(3)18-21)27(24)30(40)38(28)23-9-5-4-6-10-23/h4-11,14-18,20H,1-3H3,(H,33,39)/t20-/m0/s1. The SMILES string of the molecule is Cc1nn2ccncc2c1C(=O)N[C@@H](C)c1nc2cccc(C#Cc3cnn(C)c3)c2c(=O)n1-c1ccccc1. The molecule has 1 atom stereocenters. The van der Waals surface area contributed by atoms with Gasteiger partial charge < -0.3 is 5.32 Å². The second kappa shape index (κ2) is 9.96. The summed E-state index contributed by atoms with van der Waals surface area (Å²) < 4.78 is 4.82. The van der Waals surface area contributed by atoms with Gasteiger partial charge in [0.1, 0.15) is 5.82 Å². The minimum absolute atomic E-state index is 0.278. The molecule has 0 aliphatic heterocycles. The molecule has 0 aliphatic rings. The zero-order valence-corrected chi connectivity index (χ0v) is 22.0. The lowest BCUT2D eigenvalue weighted by Crippen LogP contribution is -2.33. The molecule has 0 spiro atoms. The van der Waals surface area contributed by atoms with Crippen molar-refractivity contribution >= 4 is 22.3 Å². The van der Waals surface area contributed by atoms with Crippen LogP contribution in [0.2, 0.25) is 0 Å². The number of amides is 1. The van der Waals surface area contributed by atoms with Crippen LogP contribution in [0.15, 0.2) is 84.3 Å². The summed E-state index contributed by atoms with van der Waals surface area (Å²) in [6, 6.07) is 14.0. The summed E-state index contributed by atoms with van der Waals surface area (Å²) in [7, 11) is 1.82. The molecule has 0 unspecified atom stereocenters. The highest BCUT2D eigenvalue weighted by Gasteiger charge is 2.24. The maximum absolute atomic E-state index is 14.1. The molecular formula is C30H24N8O2. The fraction of sp³-hybridized carbons (Fsp3) is 0.133. The van der Waals surface area contributed by atoms with Gasteiger partial charge in [0.15, 0.2) is 0 Å². The van der Waals surface area contributed by atoms with Crippen molar-refractivity contribution in [2.75, 3.05) is 0 Å². The van der Waals surface area contributed by atoms with E-state index in [1.54, 1.807) is 60.0 Å². The van der Waals surface area contributed by atoms with Crippen molar-refractivity contribution in [1.82, 2.24) is 39.2 Å². The van der Waals surface area contributed by atoms with Crippen molar-refractivity contribution < 1.29 is 4.79 Å². The lowest BCUT2D eigenvalue weighted by Gasteiger charge is -2.20. The maximum atomic E-state index is 14.1. The van der Waals surface area contributed by atoms with Crippen molar-refractivity contribution in [2.45, 2.75) is 19.9 Å². The largest absolute Gasteiger partial charge is 0.342 e. The normalized spacial score (nSPS) is 11.8. The summed E-state index contributed by atoms with van der Waals surface area (Å²) in [5.41, 5.74) is 3.72. The Bertz CT molecular complexity index is 2030. The molecule has 6 rings (SSSR count). The third kappa shape index (κ3) is 4.39. The number of fused-ring (bicyclic) bond motifs is 2. The Balaban J connectivity index is 1.48. The molecule has 4 heterocycles. The number of hydrogen-bond donors (Lipinski definition) is 1. The molecule has 0 aliphatic carbocycles. The van der Waals surface area contributed by atoms with Crippen LogP contribution in [0.25, 0.3) is 22.1 Å². The molecule has 40 heavy (non-hydrogen) atoms. The van der Waals surface area contributed by atoms with Crippen LogP contribution in [-0.4, -0.2) is 39.8 Å². The summed E-state index contributed by atoms with van der Waals surface area (Å²) in [6.45, 7) is 3.57. The molecule has 10 heteroatoms. The number of nitrogens with zero attached hydrogens (tertiary/aromatic N) is 7. The average molecular weight is 529 g/mol. The predicted molar refractivity (Wildman–Crippen MR) is 150 cm³/mol. The quantitative estimate of drug-likeness (QED) is 0.351. The average Bonchev–Trinajstić information content (AvgIpc) is 3.53. The smallest absolute Gasteiger partial charge is 0.267 e. The first-order chi connectivity index (χ1) is 19.4. The van der Waals surface area contributed by atoms with E-state index >= 15 is 0 Å². The van der Waals surface area contributed by atoms with Crippen molar-refractivity contribution in [1.29, 1.82) is 0 Å². The molecule has 0 fully saturated rings. The lowest BCUT2D eigenvalue weighted by molar-refractivity contribution is 0.0939. The van der Waals surface area contributed by atoms with Crippen LogP contribution in [-0.2, 0) is 7.05 Å². The number of benzene rings is 2. The number of aryl methyl sites for hydroxylation is 2. The second-order valence-corrected chi connectivity index (χ2v) is 9.36. The van der Waals surface area contributed by atoms with E-state index in [-0.39, 0.29) is 11.5 Å².